The van der Waals surface area contributed by atoms with Gasteiger partial charge in [-0.1, -0.05) is 29.8 Å². The lowest BCUT2D eigenvalue weighted by atomic mass is 10.2. The molecule has 0 bridgehead atoms. The summed E-state index contributed by atoms with van der Waals surface area (Å²) >= 11 is 5.81. The minimum atomic E-state index is -0.568. The molecule has 104 valence electrons. The summed E-state index contributed by atoms with van der Waals surface area (Å²) in [5.74, 6) is 0.517. The molecule has 0 aliphatic rings. The molecule has 1 atom stereocenters. The van der Waals surface area contributed by atoms with Gasteiger partial charge in [-0.2, -0.15) is 0 Å². The minimum absolute atomic E-state index is 0.105. The van der Waals surface area contributed by atoms with Crippen LogP contribution in [0.25, 0.3) is 0 Å². The molecule has 1 unspecified atom stereocenters. The fourth-order valence-corrected chi connectivity index (χ4v) is 1.95. The normalized spacial score (nSPS) is 11.8. The van der Waals surface area contributed by atoms with E-state index < -0.39 is 6.10 Å². The lowest BCUT2D eigenvalue weighted by Gasteiger charge is -2.22. The van der Waals surface area contributed by atoms with Gasteiger partial charge in [-0.3, -0.25) is 4.79 Å². The smallest absolute Gasteiger partial charge is 0.267 e. The molecule has 0 saturated carbocycles. The van der Waals surface area contributed by atoms with Crippen LogP contribution in [-0.4, -0.2) is 19.1 Å². The van der Waals surface area contributed by atoms with Gasteiger partial charge in [0.2, 0.25) is 0 Å². The van der Waals surface area contributed by atoms with Crippen LogP contribution in [0.4, 0.5) is 5.69 Å². The molecule has 0 radical (unpaired) electrons. The van der Waals surface area contributed by atoms with Gasteiger partial charge in [-0.05, 0) is 43.3 Å². The number of anilines is 1. The van der Waals surface area contributed by atoms with Crippen molar-refractivity contribution in [2.75, 3.05) is 11.9 Å². The fraction of sp³-hybridized carbons (Fsp3) is 0.188. The zero-order valence-electron chi connectivity index (χ0n) is 11.4. The molecule has 0 heterocycles. The fourth-order valence-electron chi connectivity index (χ4n) is 1.82. The first-order chi connectivity index (χ1) is 9.58. The quantitative estimate of drug-likeness (QED) is 0.857. The number of para-hydroxylation sites is 1. The molecule has 20 heavy (non-hydrogen) atoms. The summed E-state index contributed by atoms with van der Waals surface area (Å²) in [4.78, 5) is 13.9. The molecule has 0 spiro atoms. The molecule has 2 aromatic rings. The van der Waals surface area contributed by atoms with Crippen LogP contribution in [0, 0.1) is 0 Å². The summed E-state index contributed by atoms with van der Waals surface area (Å²) in [7, 11) is 1.74. The van der Waals surface area contributed by atoms with Crippen molar-refractivity contribution >= 4 is 23.2 Å². The molecule has 0 aliphatic heterocycles. The van der Waals surface area contributed by atoms with E-state index >= 15 is 0 Å². The molecule has 2 aromatic carbocycles. The number of amides is 1. The molecular weight excluding hydrogens is 274 g/mol. The average Bonchev–Trinajstić information content (AvgIpc) is 2.49. The first-order valence-corrected chi connectivity index (χ1v) is 6.70. The number of halogens is 1. The van der Waals surface area contributed by atoms with Crippen molar-refractivity contribution < 1.29 is 9.53 Å². The van der Waals surface area contributed by atoms with Crippen LogP contribution in [0.2, 0.25) is 5.02 Å². The van der Waals surface area contributed by atoms with Crippen molar-refractivity contribution in [2.45, 2.75) is 13.0 Å². The number of hydrogen-bond acceptors (Lipinski definition) is 2. The third-order valence-corrected chi connectivity index (χ3v) is 3.20. The van der Waals surface area contributed by atoms with Crippen LogP contribution in [0.15, 0.2) is 54.6 Å². The molecule has 0 saturated heterocycles. The van der Waals surface area contributed by atoms with E-state index in [1.807, 2.05) is 30.3 Å². The van der Waals surface area contributed by atoms with Crippen molar-refractivity contribution in [3.63, 3.8) is 0 Å². The molecule has 4 heteroatoms. The number of ether oxygens (including phenoxy) is 1. The number of nitrogens with zero attached hydrogens (tertiary/aromatic N) is 1. The van der Waals surface area contributed by atoms with Crippen LogP contribution in [0.3, 0.4) is 0 Å². The van der Waals surface area contributed by atoms with Gasteiger partial charge in [0, 0.05) is 17.8 Å². The summed E-state index contributed by atoms with van der Waals surface area (Å²) in [5, 5.41) is 0.637. The maximum Gasteiger partial charge on any atom is 0.267 e. The molecule has 0 fully saturated rings. The number of rotatable bonds is 4. The highest BCUT2D eigenvalue weighted by atomic mass is 35.5. The summed E-state index contributed by atoms with van der Waals surface area (Å²) < 4.78 is 5.62. The summed E-state index contributed by atoms with van der Waals surface area (Å²) in [6.45, 7) is 1.73. The van der Waals surface area contributed by atoms with Gasteiger partial charge in [-0.15, -0.1) is 0 Å². The van der Waals surface area contributed by atoms with Gasteiger partial charge in [-0.25, -0.2) is 0 Å². The standard InChI is InChI=1S/C16H16ClNO2/c1-12(20-15-10-8-13(17)9-11-15)16(19)18(2)14-6-4-3-5-7-14/h3-12H,1-2H3. The number of hydrogen-bond donors (Lipinski definition) is 0. The van der Waals surface area contributed by atoms with E-state index in [0.29, 0.717) is 10.8 Å². The summed E-state index contributed by atoms with van der Waals surface area (Å²) in [6, 6.07) is 16.4. The van der Waals surface area contributed by atoms with Gasteiger partial charge in [0.15, 0.2) is 6.10 Å². The maximum absolute atomic E-state index is 12.3. The highest BCUT2D eigenvalue weighted by Gasteiger charge is 2.20. The largest absolute Gasteiger partial charge is 0.481 e. The monoisotopic (exact) mass is 289 g/mol. The molecule has 2 rings (SSSR count). The van der Waals surface area contributed by atoms with Crippen LogP contribution in [0.5, 0.6) is 5.75 Å². The molecular formula is C16H16ClNO2. The second-order valence-corrected chi connectivity index (χ2v) is 4.88. The molecule has 1 amide bonds. The SMILES string of the molecule is CC(Oc1ccc(Cl)cc1)C(=O)N(C)c1ccccc1. The summed E-state index contributed by atoms with van der Waals surface area (Å²) in [6.07, 6.45) is -0.568. The predicted molar refractivity (Wildman–Crippen MR) is 81.4 cm³/mol. The van der Waals surface area contributed by atoms with Crippen molar-refractivity contribution in [3.8, 4) is 5.75 Å². The number of carbonyl (C=O) groups is 1. The Kier molecular flexibility index (Phi) is 4.64. The Balaban J connectivity index is 2.03. The first kappa shape index (κ1) is 14.4. The third-order valence-electron chi connectivity index (χ3n) is 2.95. The van der Waals surface area contributed by atoms with Gasteiger partial charge in [0.1, 0.15) is 5.75 Å². The molecule has 0 aromatic heterocycles. The van der Waals surface area contributed by atoms with Gasteiger partial charge in [0.05, 0.1) is 0 Å². The Bertz CT molecular complexity index is 569. The van der Waals surface area contributed by atoms with Crippen molar-refractivity contribution in [1.82, 2.24) is 0 Å². The van der Waals surface area contributed by atoms with Gasteiger partial charge >= 0.3 is 0 Å². The Morgan fingerprint density at radius 3 is 2.30 bits per heavy atom. The molecule has 3 nitrogen and oxygen atoms in total. The maximum atomic E-state index is 12.3. The average molecular weight is 290 g/mol. The van der Waals surface area contributed by atoms with Crippen molar-refractivity contribution in [3.05, 3.63) is 59.6 Å². The van der Waals surface area contributed by atoms with Crippen LogP contribution in [-0.2, 0) is 4.79 Å². The van der Waals surface area contributed by atoms with E-state index in [4.69, 9.17) is 16.3 Å². The number of carbonyl (C=O) groups excluding carboxylic acids is 1. The van der Waals surface area contributed by atoms with Crippen molar-refractivity contribution in [1.29, 1.82) is 0 Å². The lowest BCUT2D eigenvalue weighted by Crippen LogP contribution is -2.37. The van der Waals surface area contributed by atoms with Gasteiger partial charge in [0.25, 0.3) is 5.91 Å². The van der Waals surface area contributed by atoms with Crippen molar-refractivity contribution in [2.24, 2.45) is 0 Å². The van der Waals surface area contributed by atoms with Crippen LogP contribution < -0.4 is 9.64 Å². The van der Waals surface area contributed by atoms with E-state index in [1.54, 1.807) is 43.1 Å². The Morgan fingerprint density at radius 1 is 1.10 bits per heavy atom. The number of likely N-dealkylation sites (N-methyl/N-ethyl adjacent to an activating group) is 1. The Hall–Kier alpha value is -2.00. The second-order valence-electron chi connectivity index (χ2n) is 4.45. The van der Waals surface area contributed by atoms with E-state index in [1.165, 1.54) is 0 Å². The third kappa shape index (κ3) is 3.52. The zero-order chi connectivity index (χ0) is 14.5. The lowest BCUT2D eigenvalue weighted by molar-refractivity contribution is -0.124. The van der Waals surface area contributed by atoms with E-state index in [9.17, 15) is 4.79 Å². The van der Waals surface area contributed by atoms with Crippen LogP contribution in [0.1, 0.15) is 6.92 Å². The van der Waals surface area contributed by atoms with Crippen LogP contribution >= 0.6 is 11.6 Å². The van der Waals surface area contributed by atoms with E-state index in [0.717, 1.165) is 5.69 Å². The summed E-state index contributed by atoms with van der Waals surface area (Å²) in [5.41, 5.74) is 0.837. The molecule has 0 aliphatic carbocycles. The van der Waals surface area contributed by atoms with Gasteiger partial charge < -0.3 is 9.64 Å². The highest BCUT2D eigenvalue weighted by molar-refractivity contribution is 6.30. The number of benzene rings is 2. The second kappa shape index (κ2) is 6.44. The zero-order valence-corrected chi connectivity index (χ0v) is 12.2. The Labute approximate surface area is 123 Å². The van der Waals surface area contributed by atoms with E-state index in [-0.39, 0.29) is 5.91 Å². The minimum Gasteiger partial charge on any atom is -0.481 e. The topological polar surface area (TPSA) is 29.5 Å². The van der Waals surface area contributed by atoms with E-state index in [2.05, 4.69) is 0 Å². The Morgan fingerprint density at radius 2 is 1.70 bits per heavy atom. The predicted octanol–water partition coefficient (Wildman–Crippen LogP) is 3.77. The molecule has 0 N–H and O–H groups in total. The highest BCUT2D eigenvalue weighted by Crippen LogP contribution is 2.18. The first-order valence-electron chi connectivity index (χ1n) is 6.33.